The van der Waals surface area contributed by atoms with E-state index in [0.717, 1.165) is 10.4 Å². The highest BCUT2D eigenvalue weighted by atomic mass is 32.2. The molecule has 0 aliphatic heterocycles. The number of nitrogens with zero attached hydrogens (tertiary/aromatic N) is 2. The maximum absolute atomic E-state index is 12.6. The van der Waals surface area contributed by atoms with Crippen LogP contribution in [0.1, 0.15) is 17.3 Å². The fourth-order valence-corrected chi connectivity index (χ4v) is 3.33. The lowest BCUT2D eigenvalue weighted by atomic mass is 10.1. The molecule has 10 nitrogen and oxygen atoms in total. The minimum atomic E-state index is -3.61. The van der Waals surface area contributed by atoms with Crippen LogP contribution in [0.4, 0.5) is 11.4 Å². The molecule has 0 aliphatic carbocycles. The van der Waals surface area contributed by atoms with Crippen LogP contribution in [0.15, 0.2) is 41.3 Å². The number of amides is 1. The van der Waals surface area contributed by atoms with Gasteiger partial charge in [0.1, 0.15) is 5.56 Å². The molecule has 1 amide bonds. The highest BCUT2D eigenvalue weighted by Crippen LogP contribution is 2.35. The fraction of sp³-hybridized carbons (Fsp3) is 0.278. The number of anilines is 1. The summed E-state index contributed by atoms with van der Waals surface area (Å²) in [6.07, 6.45) is 0. The first kappa shape index (κ1) is 22.1. The zero-order chi connectivity index (χ0) is 21.8. The van der Waals surface area contributed by atoms with Crippen molar-refractivity contribution in [2.24, 2.45) is 0 Å². The molecule has 0 unspecified atom stereocenters. The Morgan fingerprint density at radius 3 is 2.28 bits per heavy atom. The van der Waals surface area contributed by atoms with Gasteiger partial charge >= 0.3 is 0 Å². The van der Waals surface area contributed by atoms with Crippen LogP contribution in [0.5, 0.6) is 11.5 Å². The van der Waals surface area contributed by atoms with Crippen molar-refractivity contribution in [3.63, 3.8) is 0 Å². The second-order valence-electron chi connectivity index (χ2n) is 5.98. The molecule has 0 spiro atoms. The summed E-state index contributed by atoms with van der Waals surface area (Å²) in [4.78, 5) is 23.4. The molecular formula is C18H21N3O7S. The fourth-order valence-electron chi connectivity index (χ4n) is 2.43. The molecule has 0 aliphatic rings. The maximum atomic E-state index is 12.6. The summed E-state index contributed by atoms with van der Waals surface area (Å²) >= 11 is 0. The van der Waals surface area contributed by atoms with Crippen LogP contribution in [0.25, 0.3) is 0 Å². The van der Waals surface area contributed by atoms with Gasteiger partial charge in [0.15, 0.2) is 11.5 Å². The summed E-state index contributed by atoms with van der Waals surface area (Å²) in [5.74, 6) is -0.423. The Morgan fingerprint density at radius 1 is 1.17 bits per heavy atom. The van der Waals surface area contributed by atoms with Crippen molar-refractivity contribution in [3.8, 4) is 11.5 Å². The van der Waals surface area contributed by atoms with Crippen LogP contribution in [-0.2, 0) is 10.0 Å². The van der Waals surface area contributed by atoms with Gasteiger partial charge in [0.05, 0.1) is 29.6 Å². The van der Waals surface area contributed by atoms with E-state index < -0.39 is 26.5 Å². The molecule has 0 heterocycles. The van der Waals surface area contributed by atoms with Crippen molar-refractivity contribution >= 4 is 27.3 Å². The van der Waals surface area contributed by atoms with E-state index in [1.807, 2.05) is 0 Å². The molecule has 0 saturated carbocycles. The van der Waals surface area contributed by atoms with Gasteiger partial charge in [-0.15, -0.1) is 0 Å². The van der Waals surface area contributed by atoms with Gasteiger partial charge in [-0.05, 0) is 31.2 Å². The van der Waals surface area contributed by atoms with Gasteiger partial charge in [0.2, 0.25) is 10.0 Å². The third-order valence-corrected chi connectivity index (χ3v) is 5.74. The third-order valence-electron chi connectivity index (χ3n) is 3.91. The number of carbonyl (C=O) groups is 1. The van der Waals surface area contributed by atoms with Crippen LogP contribution >= 0.6 is 0 Å². The number of benzene rings is 2. The number of nitrogens with one attached hydrogen (secondary N) is 1. The van der Waals surface area contributed by atoms with E-state index in [2.05, 4.69) is 5.32 Å². The standard InChI is InChI=1S/C18H21N3O7S/c1-5-28-17-11-15(21(23)24)14(10-16(17)27-4)18(22)19-12-6-8-13(9-7-12)29(25,26)20(2)3/h6-11H,5H2,1-4H3,(H,19,22). The van der Waals surface area contributed by atoms with Gasteiger partial charge in [0, 0.05) is 25.8 Å². The lowest BCUT2D eigenvalue weighted by molar-refractivity contribution is -0.385. The van der Waals surface area contributed by atoms with Crippen LogP contribution < -0.4 is 14.8 Å². The van der Waals surface area contributed by atoms with Crippen molar-refractivity contribution in [1.29, 1.82) is 0 Å². The van der Waals surface area contributed by atoms with Crippen molar-refractivity contribution in [1.82, 2.24) is 4.31 Å². The van der Waals surface area contributed by atoms with E-state index in [1.165, 1.54) is 51.5 Å². The number of nitro groups is 1. The molecule has 29 heavy (non-hydrogen) atoms. The number of carbonyl (C=O) groups excluding carboxylic acids is 1. The number of methoxy groups -OCH3 is 1. The quantitative estimate of drug-likeness (QED) is 0.510. The second kappa shape index (κ2) is 8.88. The topological polar surface area (TPSA) is 128 Å². The number of ether oxygens (including phenoxy) is 2. The smallest absolute Gasteiger partial charge is 0.286 e. The predicted octanol–water partition coefficient (Wildman–Crippen LogP) is 2.50. The van der Waals surface area contributed by atoms with Crippen molar-refractivity contribution in [2.75, 3.05) is 33.1 Å². The van der Waals surface area contributed by atoms with Crippen molar-refractivity contribution < 1.29 is 27.6 Å². The number of hydrogen-bond acceptors (Lipinski definition) is 7. The van der Waals surface area contributed by atoms with Gasteiger partial charge in [-0.25, -0.2) is 12.7 Å². The molecule has 0 radical (unpaired) electrons. The number of rotatable bonds is 8. The predicted molar refractivity (Wildman–Crippen MR) is 106 cm³/mol. The Morgan fingerprint density at radius 2 is 1.79 bits per heavy atom. The van der Waals surface area contributed by atoms with Crippen LogP contribution in [0.3, 0.4) is 0 Å². The molecule has 156 valence electrons. The lowest BCUT2D eigenvalue weighted by Gasteiger charge is -2.13. The SMILES string of the molecule is CCOc1cc([N+](=O)[O-])c(C(=O)Nc2ccc(S(=O)(=O)N(C)C)cc2)cc1OC. The normalized spacial score (nSPS) is 11.2. The average Bonchev–Trinajstić information content (AvgIpc) is 2.68. The van der Waals surface area contributed by atoms with Crippen molar-refractivity contribution in [2.45, 2.75) is 11.8 Å². The first-order valence-corrected chi connectivity index (χ1v) is 9.89. The minimum Gasteiger partial charge on any atom is -0.493 e. The zero-order valence-corrected chi connectivity index (χ0v) is 17.1. The molecule has 0 atom stereocenters. The summed E-state index contributed by atoms with van der Waals surface area (Å²) in [7, 11) is 0.558. The Labute approximate surface area is 168 Å². The molecule has 11 heteroatoms. The van der Waals surface area contributed by atoms with Gasteiger partial charge in [-0.2, -0.15) is 0 Å². The molecule has 2 aromatic carbocycles. The summed E-state index contributed by atoms with van der Waals surface area (Å²) in [6, 6.07) is 7.81. The highest BCUT2D eigenvalue weighted by molar-refractivity contribution is 7.89. The lowest BCUT2D eigenvalue weighted by Crippen LogP contribution is -2.22. The van der Waals surface area contributed by atoms with Crippen LogP contribution in [-0.4, -0.2) is 51.4 Å². The number of nitro benzene ring substituents is 1. The molecule has 0 saturated heterocycles. The number of sulfonamides is 1. The molecular weight excluding hydrogens is 402 g/mol. The van der Waals surface area contributed by atoms with Crippen LogP contribution in [0, 0.1) is 10.1 Å². The minimum absolute atomic E-state index is 0.0502. The van der Waals surface area contributed by atoms with Gasteiger partial charge in [0.25, 0.3) is 11.6 Å². The summed E-state index contributed by atoms with van der Waals surface area (Å²) in [5, 5.41) is 13.9. The van der Waals surface area contributed by atoms with E-state index in [4.69, 9.17) is 9.47 Å². The Kier molecular flexibility index (Phi) is 6.77. The molecule has 1 N–H and O–H groups in total. The first-order chi connectivity index (χ1) is 13.6. The third kappa shape index (κ3) is 4.81. The monoisotopic (exact) mass is 423 g/mol. The molecule has 2 aromatic rings. The average molecular weight is 423 g/mol. The van der Waals surface area contributed by atoms with E-state index in [9.17, 15) is 23.3 Å². The van der Waals surface area contributed by atoms with Crippen molar-refractivity contribution in [3.05, 3.63) is 52.1 Å². The first-order valence-electron chi connectivity index (χ1n) is 8.45. The largest absolute Gasteiger partial charge is 0.493 e. The van der Waals surface area contributed by atoms with E-state index in [-0.39, 0.29) is 34.3 Å². The molecule has 0 bridgehead atoms. The van der Waals surface area contributed by atoms with Gasteiger partial charge in [-0.3, -0.25) is 14.9 Å². The number of hydrogen-bond donors (Lipinski definition) is 1. The van der Waals surface area contributed by atoms with Crippen LogP contribution in [0.2, 0.25) is 0 Å². The zero-order valence-electron chi connectivity index (χ0n) is 16.3. The molecule has 0 fully saturated rings. The Bertz CT molecular complexity index is 1020. The van der Waals surface area contributed by atoms with E-state index >= 15 is 0 Å². The van der Waals surface area contributed by atoms with E-state index in [0.29, 0.717) is 0 Å². The Hall–Kier alpha value is -3.18. The molecule has 0 aromatic heterocycles. The Balaban J connectivity index is 2.36. The highest BCUT2D eigenvalue weighted by Gasteiger charge is 2.25. The molecule has 2 rings (SSSR count). The van der Waals surface area contributed by atoms with E-state index in [1.54, 1.807) is 6.92 Å². The maximum Gasteiger partial charge on any atom is 0.286 e. The second-order valence-corrected chi connectivity index (χ2v) is 8.13. The van der Waals surface area contributed by atoms with Gasteiger partial charge in [-0.1, -0.05) is 0 Å². The summed E-state index contributed by atoms with van der Waals surface area (Å²) in [5.41, 5.74) is -0.395. The summed E-state index contributed by atoms with van der Waals surface area (Å²) in [6.45, 7) is 1.98. The van der Waals surface area contributed by atoms with Gasteiger partial charge < -0.3 is 14.8 Å². The summed E-state index contributed by atoms with van der Waals surface area (Å²) < 4.78 is 35.7.